The molecule has 0 saturated carbocycles. The fraction of sp³-hybridized carbons (Fsp3) is 0.455. The van der Waals surface area contributed by atoms with Gasteiger partial charge in [-0.2, -0.15) is 4.39 Å². The van der Waals surface area contributed by atoms with Crippen molar-refractivity contribution in [1.29, 1.82) is 0 Å². The molecule has 1 aliphatic heterocycles. The molecule has 0 amide bonds. The van der Waals surface area contributed by atoms with Crippen molar-refractivity contribution in [3.8, 4) is 0 Å². The maximum atomic E-state index is 13.5. The minimum atomic E-state index is -3.94. The van der Waals surface area contributed by atoms with Crippen LogP contribution in [0, 0.1) is 22.9 Å². The van der Waals surface area contributed by atoms with Gasteiger partial charge in [0.2, 0.25) is 15.8 Å². The van der Waals surface area contributed by atoms with Crippen molar-refractivity contribution in [2.24, 2.45) is 0 Å². The highest BCUT2D eigenvalue weighted by molar-refractivity contribution is 7.89. The van der Waals surface area contributed by atoms with Crippen molar-refractivity contribution >= 4 is 15.7 Å². The lowest BCUT2D eigenvalue weighted by Gasteiger charge is -2.12. The Morgan fingerprint density at radius 2 is 2.20 bits per heavy atom. The summed E-state index contributed by atoms with van der Waals surface area (Å²) >= 11 is 0. The van der Waals surface area contributed by atoms with Gasteiger partial charge < -0.3 is 4.74 Å². The van der Waals surface area contributed by atoms with Gasteiger partial charge in [0, 0.05) is 18.7 Å². The standard InChI is InChI=1S/C11H13FN2O5S/c1-7-4-9(5-10(11(7)12)14(15)16)20(17,18)13-8-2-3-19-6-8/h4-5,8,13H,2-3,6H2,1H3. The lowest BCUT2D eigenvalue weighted by atomic mass is 10.2. The van der Waals surface area contributed by atoms with E-state index in [1.807, 2.05) is 0 Å². The molecule has 0 aromatic heterocycles. The average Bonchev–Trinajstić information content (AvgIpc) is 2.83. The number of hydrogen-bond acceptors (Lipinski definition) is 5. The molecular formula is C11H13FN2O5S. The van der Waals surface area contributed by atoms with E-state index in [9.17, 15) is 22.9 Å². The quantitative estimate of drug-likeness (QED) is 0.663. The van der Waals surface area contributed by atoms with Crippen molar-refractivity contribution < 1.29 is 22.5 Å². The molecule has 0 aliphatic carbocycles. The first-order chi connectivity index (χ1) is 9.31. The molecule has 0 radical (unpaired) electrons. The van der Waals surface area contributed by atoms with E-state index in [-0.39, 0.29) is 23.1 Å². The lowest BCUT2D eigenvalue weighted by molar-refractivity contribution is -0.387. The number of nitrogens with one attached hydrogen (secondary N) is 1. The highest BCUT2D eigenvalue weighted by atomic mass is 32.2. The summed E-state index contributed by atoms with van der Waals surface area (Å²) in [6.45, 7) is 1.98. The van der Waals surface area contributed by atoms with E-state index in [2.05, 4.69) is 4.72 Å². The first-order valence-electron chi connectivity index (χ1n) is 5.86. The molecule has 1 fully saturated rings. The normalized spacial score (nSPS) is 19.2. The summed E-state index contributed by atoms with van der Waals surface area (Å²) in [7, 11) is -3.94. The molecule has 110 valence electrons. The number of hydrogen-bond donors (Lipinski definition) is 1. The van der Waals surface area contributed by atoms with E-state index in [1.165, 1.54) is 6.92 Å². The number of sulfonamides is 1. The van der Waals surface area contributed by atoms with Gasteiger partial charge in [-0.1, -0.05) is 0 Å². The number of rotatable bonds is 4. The molecule has 9 heteroatoms. The number of aryl methyl sites for hydroxylation is 1. The lowest BCUT2D eigenvalue weighted by Crippen LogP contribution is -2.35. The second-order valence-electron chi connectivity index (χ2n) is 4.51. The molecule has 20 heavy (non-hydrogen) atoms. The number of nitro groups is 1. The third kappa shape index (κ3) is 2.94. The average molecular weight is 304 g/mol. The fourth-order valence-corrected chi connectivity index (χ4v) is 3.28. The van der Waals surface area contributed by atoms with Crippen LogP contribution in [0.3, 0.4) is 0 Å². The Morgan fingerprint density at radius 1 is 1.50 bits per heavy atom. The Bertz CT molecular complexity index is 640. The van der Waals surface area contributed by atoms with Crippen molar-refractivity contribution in [3.05, 3.63) is 33.6 Å². The van der Waals surface area contributed by atoms with Crippen LogP contribution >= 0.6 is 0 Å². The van der Waals surface area contributed by atoms with Crippen LogP contribution in [0.2, 0.25) is 0 Å². The molecule has 1 aromatic rings. The molecule has 1 aromatic carbocycles. The summed E-state index contributed by atoms with van der Waals surface area (Å²) in [6, 6.07) is 1.42. The van der Waals surface area contributed by atoms with Gasteiger partial charge in [0.1, 0.15) is 0 Å². The summed E-state index contributed by atoms with van der Waals surface area (Å²) in [4.78, 5) is 9.46. The molecule has 1 unspecified atom stereocenters. The first kappa shape index (κ1) is 14.8. The number of nitrogens with zero attached hydrogens (tertiary/aromatic N) is 1. The minimum Gasteiger partial charge on any atom is -0.380 e. The summed E-state index contributed by atoms with van der Waals surface area (Å²) in [5.41, 5.74) is -0.949. The smallest absolute Gasteiger partial charge is 0.306 e. The van der Waals surface area contributed by atoms with E-state index < -0.39 is 26.5 Å². The third-order valence-electron chi connectivity index (χ3n) is 2.97. The molecule has 1 aliphatic rings. The van der Waals surface area contributed by atoms with Crippen LogP contribution in [0.15, 0.2) is 17.0 Å². The van der Waals surface area contributed by atoms with E-state index in [1.54, 1.807) is 0 Å². The van der Waals surface area contributed by atoms with E-state index >= 15 is 0 Å². The summed E-state index contributed by atoms with van der Waals surface area (Å²) in [5, 5.41) is 10.7. The zero-order valence-corrected chi connectivity index (χ0v) is 11.4. The van der Waals surface area contributed by atoms with E-state index in [4.69, 9.17) is 4.74 Å². The molecule has 1 atom stereocenters. The predicted molar refractivity (Wildman–Crippen MR) is 67.3 cm³/mol. The van der Waals surface area contributed by atoms with Crippen LogP contribution < -0.4 is 4.72 Å². The number of benzene rings is 1. The second-order valence-corrected chi connectivity index (χ2v) is 6.23. The maximum Gasteiger partial charge on any atom is 0.306 e. The first-order valence-corrected chi connectivity index (χ1v) is 7.34. The van der Waals surface area contributed by atoms with Crippen LogP contribution in [0.1, 0.15) is 12.0 Å². The van der Waals surface area contributed by atoms with Crippen molar-refractivity contribution in [3.63, 3.8) is 0 Å². The Balaban J connectivity index is 2.38. The van der Waals surface area contributed by atoms with Crippen molar-refractivity contribution in [2.75, 3.05) is 13.2 Å². The molecule has 1 heterocycles. The fourth-order valence-electron chi connectivity index (χ4n) is 1.92. The molecule has 0 bridgehead atoms. The molecule has 1 N–H and O–H groups in total. The summed E-state index contributed by atoms with van der Waals surface area (Å²) in [5.74, 6) is -1.03. The van der Waals surface area contributed by atoms with Gasteiger partial charge >= 0.3 is 5.69 Å². The Kier molecular flexibility index (Phi) is 4.02. The van der Waals surface area contributed by atoms with Gasteiger partial charge in [0.15, 0.2) is 0 Å². The number of halogens is 1. The highest BCUT2D eigenvalue weighted by Gasteiger charge is 2.27. The van der Waals surface area contributed by atoms with Gasteiger partial charge in [-0.15, -0.1) is 0 Å². The second kappa shape index (κ2) is 5.43. The van der Waals surface area contributed by atoms with Crippen molar-refractivity contribution in [2.45, 2.75) is 24.3 Å². The topological polar surface area (TPSA) is 98.5 Å². The van der Waals surface area contributed by atoms with Gasteiger partial charge in [0.05, 0.1) is 16.4 Å². The van der Waals surface area contributed by atoms with Crippen LogP contribution in [0.5, 0.6) is 0 Å². The van der Waals surface area contributed by atoms with Crippen molar-refractivity contribution in [1.82, 2.24) is 4.72 Å². The van der Waals surface area contributed by atoms with Crippen LogP contribution in [-0.2, 0) is 14.8 Å². The monoisotopic (exact) mass is 304 g/mol. The highest BCUT2D eigenvalue weighted by Crippen LogP contribution is 2.25. The summed E-state index contributed by atoms with van der Waals surface area (Å²) < 4.78 is 45.2. The van der Waals surface area contributed by atoms with E-state index in [0.717, 1.165) is 12.1 Å². The SMILES string of the molecule is Cc1cc(S(=O)(=O)NC2CCOC2)cc([N+](=O)[O-])c1F. The van der Waals surface area contributed by atoms with Crippen LogP contribution in [-0.4, -0.2) is 32.6 Å². The predicted octanol–water partition coefficient (Wildman–Crippen LogP) is 1.11. The van der Waals surface area contributed by atoms with E-state index in [0.29, 0.717) is 13.0 Å². The zero-order chi connectivity index (χ0) is 14.9. The van der Waals surface area contributed by atoms with Crippen LogP contribution in [0.25, 0.3) is 0 Å². The zero-order valence-electron chi connectivity index (χ0n) is 10.6. The number of ether oxygens (including phenoxy) is 1. The molecule has 0 spiro atoms. The molecule has 7 nitrogen and oxygen atoms in total. The Labute approximate surface area is 114 Å². The largest absolute Gasteiger partial charge is 0.380 e. The molecule has 1 saturated heterocycles. The Morgan fingerprint density at radius 3 is 2.75 bits per heavy atom. The van der Waals surface area contributed by atoms with Gasteiger partial charge in [-0.3, -0.25) is 10.1 Å². The minimum absolute atomic E-state index is 0.0951. The third-order valence-corrected chi connectivity index (χ3v) is 4.47. The maximum absolute atomic E-state index is 13.5. The van der Waals surface area contributed by atoms with Gasteiger partial charge in [0.25, 0.3) is 0 Å². The van der Waals surface area contributed by atoms with Gasteiger partial charge in [-0.05, 0) is 25.0 Å². The Hall–Kier alpha value is -1.58. The van der Waals surface area contributed by atoms with Crippen LogP contribution in [0.4, 0.5) is 10.1 Å². The number of nitro benzene ring substituents is 1. The molecule has 2 rings (SSSR count). The molecular weight excluding hydrogens is 291 g/mol. The van der Waals surface area contributed by atoms with Gasteiger partial charge in [-0.25, -0.2) is 13.1 Å². The summed E-state index contributed by atoms with van der Waals surface area (Å²) in [6.07, 6.45) is 0.529.